The standard InChI is InChI=1S/C41H28O/c1-41(2)34-20-9-7-15-28(34)29-23-22-26(24-35(29)41)37-31-16-5-6-17-32(31)38(30-19-11-13-25-12-3-4-14-27(25)30)40-39(37)33-18-8-10-21-36(33)42-40/h3-24H,1-2H3. The van der Waals surface area contributed by atoms with Gasteiger partial charge >= 0.3 is 0 Å². The fourth-order valence-electron chi connectivity index (χ4n) is 7.52. The minimum atomic E-state index is -0.0712. The van der Waals surface area contributed by atoms with Gasteiger partial charge in [-0.1, -0.05) is 135 Å². The lowest BCUT2D eigenvalue weighted by Gasteiger charge is -2.22. The van der Waals surface area contributed by atoms with Crippen molar-refractivity contribution in [2.75, 3.05) is 0 Å². The maximum Gasteiger partial charge on any atom is 0.144 e. The van der Waals surface area contributed by atoms with E-state index in [1.54, 1.807) is 0 Å². The first-order chi connectivity index (χ1) is 20.6. The molecule has 0 aliphatic heterocycles. The molecule has 42 heavy (non-hydrogen) atoms. The van der Waals surface area contributed by atoms with E-state index in [9.17, 15) is 0 Å². The van der Waals surface area contributed by atoms with Crippen LogP contribution in [0.15, 0.2) is 138 Å². The molecule has 0 N–H and O–H groups in total. The van der Waals surface area contributed by atoms with E-state index in [1.807, 2.05) is 0 Å². The second-order valence-corrected chi connectivity index (χ2v) is 12.1. The molecule has 1 heterocycles. The number of hydrogen-bond acceptors (Lipinski definition) is 1. The van der Waals surface area contributed by atoms with Gasteiger partial charge < -0.3 is 4.42 Å². The summed E-state index contributed by atoms with van der Waals surface area (Å²) >= 11 is 0. The number of benzene rings is 7. The number of para-hydroxylation sites is 1. The molecule has 8 aromatic rings. The van der Waals surface area contributed by atoms with E-state index in [1.165, 1.54) is 65.9 Å². The summed E-state index contributed by atoms with van der Waals surface area (Å²) in [5.74, 6) is 0. The van der Waals surface area contributed by atoms with Gasteiger partial charge in [0.15, 0.2) is 0 Å². The van der Waals surface area contributed by atoms with Crippen molar-refractivity contribution in [1.29, 1.82) is 0 Å². The van der Waals surface area contributed by atoms with Crippen molar-refractivity contribution in [1.82, 2.24) is 0 Å². The first-order valence-corrected chi connectivity index (χ1v) is 14.7. The van der Waals surface area contributed by atoms with Crippen molar-refractivity contribution in [2.24, 2.45) is 0 Å². The van der Waals surface area contributed by atoms with Crippen molar-refractivity contribution in [3.05, 3.63) is 145 Å². The summed E-state index contributed by atoms with van der Waals surface area (Å²) in [6, 6.07) is 48.5. The first-order valence-electron chi connectivity index (χ1n) is 14.7. The van der Waals surface area contributed by atoms with Crippen molar-refractivity contribution in [2.45, 2.75) is 19.3 Å². The van der Waals surface area contributed by atoms with Gasteiger partial charge in [0.05, 0.1) is 0 Å². The Morgan fingerprint density at radius 1 is 0.476 bits per heavy atom. The average Bonchev–Trinajstić information content (AvgIpc) is 3.52. The molecule has 0 saturated heterocycles. The minimum absolute atomic E-state index is 0.0712. The van der Waals surface area contributed by atoms with Crippen LogP contribution in [0.25, 0.3) is 76.9 Å². The van der Waals surface area contributed by atoms with Crippen molar-refractivity contribution in [3.8, 4) is 33.4 Å². The molecular weight excluding hydrogens is 508 g/mol. The normalized spacial score (nSPS) is 13.7. The Hall–Kier alpha value is -5.14. The van der Waals surface area contributed by atoms with Gasteiger partial charge in [-0.15, -0.1) is 0 Å². The molecule has 1 aliphatic carbocycles. The Balaban J connectivity index is 1.44. The third-order valence-electron chi connectivity index (χ3n) is 9.47. The van der Waals surface area contributed by atoms with Crippen LogP contribution in [-0.4, -0.2) is 0 Å². The Labute approximate surface area is 244 Å². The summed E-state index contributed by atoms with van der Waals surface area (Å²) in [5.41, 5.74) is 12.1. The van der Waals surface area contributed by atoms with Gasteiger partial charge in [0.2, 0.25) is 0 Å². The summed E-state index contributed by atoms with van der Waals surface area (Å²) in [6.45, 7) is 4.71. The molecular formula is C41H28O. The number of hydrogen-bond donors (Lipinski definition) is 0. The monoisotopic (exact) mass is 536 g/mol. The van der Waals surface area contributed by atoms with Crippen molar-refractivity contribution in [3.63, 3.8) is 0 Å². The summed E-state index contributed by atoms with van der Waals surface area (Å²) in [7, 11) is 0. The molecule has 0 saturated carbocycles. The molecule has 0 atom stereocenters. The van der Waals surface area contributed by atoms with Crippen LogP contribution >= 0.6 is 0 Å². The summed E-state index contributed by atoms with van der Waals surface area (Å²) in [4.78, 5) is 0. The lowest BCUT2D eigenvalue weighted by molar-refractivity contribution is 0.660. The second-order valence-electron chi connectivity index (χ2n) is 12.1. The third kappa shape index (κ3) is 3.08. The van der Waals surface area contributed by atoms with Gasteiger partial charge in [-0.25, -0.2) is 0 Å². The van der Waals surface area contributed by atoms with Gasteiger partial charge in [-0.05, 0) is 67.1 Å². The van der Waals surface area contributed by atoms with Crippen LogP contribution in [0.3, 0.4) is 0 Å². The fraction of sp³-hybridized carbons (Fsp3) is 0.0732. The summed E-state index contributed by atoms with van der Waals surface area (Å²) in [5, 5.41) is 7.24. The Morgan fingerprint density at radius 2 is 1.10 bits per heavy atom. The van der Waals surface area contributed by atoms with E-state index in [-0.39, 0.29) is 5.41 Å². The zero-order valence-electron chi connectivity index (χ0n) is 23.6. The van der Waals surface area contributed by atoms with Crippen LogP contribution in [0.4, 0.5) is 0 Å². The highest BCUT2D eigenvalue weighted by molar-refractivity contribution is 6.28. The largest absolute Gasteiger partial charge is 0.455 e. The van der Waals surface area contributed by atoms with E-state index in [0.717, 1.165) is 22.1 Å². The number of rotatable bonds is 2. The maximum absolute atomic E-state index is 6.84. The maximum atomic E-state index is 6.84. The van der Waals surface area contributed by atoms with Crippen LogP contribution in [0, 0.1) is 0 Å². The van der Waals surface area contributed by atoms with Crippen LogP contribution in [0.2, 0.25) is 0 Å². The Morgan fingerprint density at radius 3 is 1.95 bits per heavy atom. The molecule has 0 radical (unpaired) electrons. The smallest absolute Gasteiger partial charge is 0.144 e. The molecule has 9 rings (SSSR count). The van der Waals surface area contributed by atoms with Gasteiger partial charge in [0.25, 0.3) is 0 Å². The number of fused-ring (bicyclic) bond motifs is 8. The van der Waals surface area contributed by atoms with E-state index in [2.05, 4.69) is 147 Å². The van der Waals surface area contributed by atoms with Gasteiger partial charge in [0.1, 0.15) is 11.2 Å². The van der Waals surface area contributed by atoms with E-state index in [0.29, 0.717) is 0 Å². The van der Waals surface area contributed by atoms with Crippen LogP contribution in [0.5, 0.6) is 0 Å². The predicted molar refractivity (Wildman–Crippen MR) is 177 cm³/mol. The van der Waals surface area contributed by atoms with Crippen molar-refractivity contribution < 1.29 is 4.42 Å². The first kappa shape index (κ1) is 23.6. The molecule has 1 aromatic heterocycles. The SMILES string of the molecule is CC1(C)c2ccccc2-c2ccc(-c3c4ccccc4c(-c4cccc5ccccc45)c4oc5ccccc5c34)cc21. The number of furan rings is 1. The van der Waals surface area contributed by atoms with E-state index in [4.69, 9.17) is 4.42 Å². The molecule has 0 unspecified atom stereocenters. The molecule has 1 heteroatoms. The van der Waals surface area contributed by atoms with E-state index >= 15 is 0 Å². The van der Waals surface area contributed by atoms with Crippen molar-refractivity contribution >= 4 is 43.5 Å². The van der Waals surface area contributed by atoms with Crippen LogP contribution in [0.1, 0.15) is 25.0 Å². The Bertz CT molecular complexity index is 2380. The summed E-state index contributed by atoms with van der Waals surface area (Å²) < 4.78 is 6.84. The minimum Gasteiger partial charge on any atom is -0.455 e. The predicted octanol–water partition coefficient (Wildman–Crippen LogP) is 11.5. The molecule has 7 aromatic carbocycles. The van der Waals surface area contributed by atoms with Crippen LogP contribution < -0.4 is 0 Å². The highest BCUT2D eigenvalue weighted by atomic mass is 16.3. The highest BCUT2D eigenvalue weighted by Crippen LogP contribution is 2.52. The molecule has 0 spiro atoms. The average molecular weight is 537 g/mol. The third-order valence-corrected chi connectivity index (χ3v) is 9.47. The molecule has 1 nitrogen and oxygen atoms in total. The lowest BCUT2D eigenvalue weighted by atomic mass is 9.80. The quantitative estimate of drug-likeness (QED) is 0.214. The van der Waals surface area contributed by atoms with Gasteiger partial charge in [0, 0.05) is 27.3 Å². The molecule has 0 bridgehead atoms. The second kappa shape index (κ2) is 8.44. The lowest BCUT2D eigenvalue weighted by Crippen LogP contribution is -2.14. The van der Waals surface area contributed by atoms with Gasteiger partial charge in [-0.3, -0.25) is 0 Å². The zero-order chi connectivity index (χ0) is 28.0. The van der Waals surface area contributed by atoms with E-state index < -0.39 is 0 Å². The topological polar surface area (TPSA) is 13.1 Å². The molecule has 198 valence electrons. The Kier molecular flexibility index (Phi) is 4.73. The summed E-state index contributed by atoms with van der Waals surface area (Å²) in [6.07, 6.45) is 0. The molecule has 0 fully saturated rings. The molecule has 1 aliphatic rings. The highest BCUT2D eigenvalue weighted by Gasteiger charge is 2.35. The van der Waals surface area contributed by atoms with Gasteiger partial charge in [-0.2, -0.15) is 0 Å². The fourth-order valence-corrected chi connectivity index (χ4v) is 7.52. The molecule has 0 amide bonds. The van der Waals surface area contributed by atoms with Crippen LogP contribution in [-0.2, 0) is 5.41 Å². The zero-order valence-corrected chi connectivity index (χ0v) is 23.6.